The third kappa shape index (κ3) is 8.64. The zero-order chi connectivity index (χ0) is 19.8. The fourth-order valence-electron chi connectivity index (χ4n) is 1.63. The van der Waals surface area contributed by atoms with Gasteiger partial charge in [0.25, 0.3) is 0 Å². The Morgan fingerprint density at radius 2 is 1.32 bits per heavy atom. The van der Waals surface area contributed by atoms with Crippen LogP contribution in [-0.4, -0.2) is 68.2 Å². The second kappa shape index (κ2) is 10.0. The predicted molar refractivity (Wildman–Crippen MR) is 73.5 cm³/mol. The number of hydrogen-bond donors (Lipinski definition) is 0. The van der Waals surface area contributed by atoms with Gasteiger partial charge in [-0.05, 0) is 6.42 Å². The highest BCUT2D eigenvalue weighted by Crippen LogP contribution is 2.36. The van der Waals surface area contributed by atoms with Gasteiger partial charge in [-0.15, -0.1) is 0 Å². The average Bonchev–Trinajstić information content (AvgIpc) is 2.49. The summed E-state index contributed by atoms with van der Waals surface area (Å²) in [5.74, 6) is -4.78. The highest BCUT2D eigenvalue weighted by atomic mass is 28.4. The molecule has 0 aliphatic carbocycles. The van der Waals surface area contributed by atoms with Gasteiger partial charge in [-0.1, -0.05) is 0 Å². The van der Waals surface area contributed by atoms with Gasteiger partial charge in [0.1, 0.15) is 6.61 Å². The predicted octanol–water partition coefficient (Wildman–Crippen LogP) is 3.47. The van der Waals surface area contributed by atoms with Crippen LogP contribution < -0.4 is 0 Å². The number of hydrogen-bond acceptors (Lipinski definition) is 5. The van der Waals surface area contributed by atoms with Gasteiger partial charge in [0, 0.05) is 34.0 Å². The summed E-state index contributed by atoms with van der Waals surface area (Å²) >= 11 is 0. The molecule has 0 aliphatic rings. The molecule has 0 aliphatic heterocycles. The monoisotopic (exact) mass is 406 g/mol. The summed E-state index contributed by atoms with van der Waals surface area (Å²) in [6, 6.07) is 0.195. The number of ether oxygens (including phenoxy) is 2. The van der Waals surface area contributed by atoms with Gasteiger partial charge in [-0.2, -0.15) is 30.7 Å². The normalized spacial score (nSPS) is 14.2. The number of rotatable bonds is 13. The zero-order valence-corrected chi connectivity index (χ0v) is 14.9. The van der Waals surface area contributed by atoms with Gasteiger partial charge in [0.15, 0.2) is 0 Å². The summed E-state index contributed by atoms with van der Waals surface area (Å²) in [6.45, 7) is -3.64. The van der Waals surface area contributed by atoms with Crippen molar-refractivity contribution in [3.8, 4) is 0 Å². The van der Waals surface area contributed by atoms with Gasteiger partial charge < -0.3 is 22.8 Å². The highest BCUT2D eigenvalue weighted by Gasteiger charge is 2.58. The Bertz CT molecular complexity index is 369. The molecule has 13 heteroatoms. The first-order valence-electron chi connectivity index (χ1n) is 7.04. The van der Waals surface area contributed by atoms with Crippen molar-refractivity contribution in [1.29, 1.82) is 0 Å². The van der Waals surface area contributed by atoms with Crippen LogP contribution in [0.25, 0.3) is 0 Å². The van der Waals surface area contributed by atoms with Crippen molar-refractivity contribution < 1.29 is 53.5 Å². The molecule has 0 saturated carbocycles. The van der Waals surface area contributed by atoms with E-state index in [-0.39, 0.29) is 19.1 Å². The minimum absolute atomic E-state index is 0.123. The lowest BCUT2D eigenvalue weighted by molar-refractivity contribution is -0.359. The maximum atomic E-state index is 13.3. The molecule has 0 aromatic rings. The fourth-order valence-corrected chi connectivity index (χ4v) is 3.32. The van der Waals surface area contributed by atoms with E-state index < -0.39 is 46.6 Å². The van der Waals surface area contributed by atoms with E-state index in [1.165, 1.54) is 21.3 Å². The van der Waals surface area contributed by atoms with Crippen LogP contribution in [0.15, 0.2) is 0 Å². The van der Waals surface area contributed by atoms with Crippen molar-refractivity contribution in [2.45, 2.75) is 37.1 Å². The average molecular weight is 406 g/mol. The second-order valence-corrected chi connectivity index (χ2v) is 7.98. The van der Waals surface area contributed by atoms with Crippen LogP contribution in [0.4, 0.5) is 30.7 Å². The third-order valence-corrected chi connectivity index (χ3v) is 5.91. The molecule has 0 rings (SSSR count). The summed E-state index contributed by atoms with van der Waals surface area (Å²) in [4.78, 5) is 0. The molecule has 25 heavy (non-hydrogen) atoms. The molecule has 0 unspecified atom stereocenters. The van der Waals surface area contributed by atoms with Crippen LogP contribution in [0.1, 0.15) is 12.8 Å². The first-order chi connectivity index (χ1) is 11.3. The lowest BCUT2D eigenvalue weighted by Crippen LogP contribution is -2.47. The Morgan fingerprint density at radius 3 is 1.76 bits per heavy atom. The maximum Gasteiger partial charge on any atom is 0.500 e. The Hall–Kier alpha value is -0.473. The quantitative estimate of drug-likeness (QED) is 0.266. The van der Waals surface area contributed by atoms with E-state index in [0.29, 0.717) is 0 Å². The number of alkyl halides is 7. The Morgan fingerprint density at radius 1 is 0.800 bits per heavy atom. The molecule has 0 atom stereocenters. The molecule has 0 bridgehead atoms. The number of halogens is 7. The summed E-state index contributed by atoms with van der Waals surface area (Å²) in [6.07, 6.45) is -11.5. The van der Waals surface area contributed by atoms with E-state index in [1.807, 2.05) is 0 Å². The van der Waals surface area contributed by atoms with Crippen molar-refractivity contribution in [2.75, 3.05) is 41.2 Å². The second-order valence-electron chi connectivity index (χ2n) is 4.89. The lowest BCUT2D eigenvalue weighted by atomic mass is 10.3. The molecule has 0 saturated heterocycles. The lowest BCUT2D eigenvalue weighted by Gasteiger charge is -2.26. The Kier molecular flexibility index (Phi) is 9.83. The summed E-state index contributed by atoms with van der Waals surface area (Å²) in [7, 11) is 1.09. The van der Waals surface area contributed by atoms with Crippen LogP contribution in [-0.2, 0) is 22.8 Å². The standard InChI is InChI=1S/C12H21F7O5Si/c1-20-25(21-2,22-3)8-4-6-23-9-10(13,14)12(18,19)24-7-5-11(15,16)17/h4-9H2,1-3H3. The highest BCUT2D eigenvalue weighted by molar-refractivity contribution is 6.60. The van der Waals surface area contributed by atoms with E-state index in [2.05, 4.69) is 9.47 Å². The molecule has 0 spiro atoms. The van der Waals surface area contributed by atoms with E-state index in [0.717, 1.165) is 0 Å². The maximum absolute atomic E-state index is 13.3. The van der Waals surface area contributed by atoms with E-state index in [1.54, 1.807) is 0 Å². The van der Waals surface area contributed by atoms with Gasteiger partial charge in [-0.25, -0.2) is 0 Å². The smallest absolute Gasteiger partial charge is 0.377 e. The summed E-state index contributed by atoms with van der Waals surface area (Å²) in [5.41, 5.74) is 0. The minimum atomic E-state index is -5.08. The van der Waals surface area contributed by atoms with Crippen molar-refractivity contribution in [3.05, 3.63) is 0 Å². The SMILES string of the molecule is CO[Si](CCCOCC(F)(F)C(F)(F)OCCC(F)(F)F)(OC)OC. The first-order valence-corrected chi connectivity index (χ1v) is 8.97. The van der Waals surface area contributed by atoms with Crippen LogP contribution in [0.5, 0.6) is 0 Å². The Labute approximate surface area is 141 Å². The van der Waals surface area contributed by atoms with E-state index in [9.17, 15) is 30.7 Å². The topological polar surface area (TPSA) is 46.2 Å². The molecular formula is C12H21F7O5Si. The minimum Gasteiger partial charge on any atom is -0.377 e. The van der Waals surface area contributed by atoms with Gasteiger partial charge in [0.05, 0.1) is 13.0 Å². The fraction of sp³-hybridized carbons (Fsp3) is 1.00. The third-order valence-electron chi connectivity index (χ3n) is 3.08. The molecule has 0 aromatic heterocycles. The largest absolute Gasteiger partial charge is 0.500 e. The van der Waals surface area contributed by atoms with Crippen LogP contribution in [0, 0.1) is 0 Å². The van der Waals surface area contributed by atoms with Crippen molar-refractivity contribution in [3.63, 3.8) is 0 Å². The molecule has 5 nitrogen and oxygen atoms in total. The molecule has 0 fully saturated rings. The molecule has 0 heterocycles. The molecule has 0 aromatic carbocycles. The van der Waals surface area contributed by atoms with Crippen molar-refractivity contribution in [1.82, 2.24) is 0 Å². The van der Waals surface area contributed by atoms with Gasteiger partial charge >= 0.3 is 27.0 Å². The van der Waals surface area contributed by atoms with Crippen molar-refractivity contribution >= 4 is 8.80 Å². The van der Waals surface area contributed by atoms with Crippen LogP contribution >= 0.6 is 0 Å². The first kappa shape index (κ1) is 24.5. The zero-order valence-electron chi connectivity index (χ0n) is 13.9. The molecule has 152 valence electrons. The molecular weight excluding hydrogens is 385 g/mol. The van der Waals surface area contributed by atoms with Gasteiger partial charge in [-0.3, -0.25) is 0 Å². The summed E-state index contributed by atoms with van der Waals surface area (Å²) in [5, 5.41) is 0. The van der Waals surface area contributed by atoms with E-state index in [4.69, 9.17) is 13.3 Å². The van der Waals surface area contributed by atoms with Crippen molar-refractivity contribution in [2.24, 2.45) is 0 Å². The summed E-state index contributed by atoms with van der Waals surface area (Å²) < 4.78 is 112. The van der Waals surface area contributed by atoms with Gasteiger partial charge in [0.2, 0.25) is 0 Å². The van der Waals surface area contributed by atoms with Crippen LogP contribution in [0.2, 0.25) is 6.04 Å². The Balaban J connectivity index is 4.29. The molecule has 0 radical (unpaired) electrons. The molecule has 0 amide bonds. The molecule has 0 N–H and O–H groups in total. The van der Waals surface area contributed by atoms with Crippen LogP contribution in [0.3, 0.4) is 0 Å². The van der Waals surface area contributed by atoms with E-state index >= 15 is 0 Å².